The Hall–Kier alpha value is -2.95. The summed E-state index contributed by atoms with van der Waals surface area (Å²) < 4.78 is 11.1. The number of fused-ring (bicyclic) bond motifs is 1. The van der Waals surface area contributed by atoms with Crippen molar-refractivity contribution in [2.75, 3.05) is 13.7 Å². The molecule has 142 valence electrons. The van der Waals surface area contributed by atoms with E-state index in [1.807, 2.05) is 37.3 Å². The molecule has 1 heterocycles. The molecular weight excluding hydrogens is 342 g/mol. The van der Waals surface area contributed by atoms with Crippen LogP contribution in [0.4, 0.5) is 0 Å². The summed E-state index contributed by atoms with van der Waals surface area (Å²) in [7, 11) is 1.60. The zero-order chi connectivity index (χ0) is 19.6. The van der Waals surface area contributed by atoms with E-state index in [1.54, 1.807) is 7.11 Å². The molecule has 0 fully saturated rings. The summed E-state index contributed by atoms with van der Waals surface area (Å²) in [4.78, 5) is 15.0. The van der Waals surface area contributed by atoms with Crippen LogP contribution >= 0.6 is 0 Å². The largest absolute Gasteiger partial charge is 0.493 e. The van der Waals surface area contributed by atoms with E-state index in [1.165, 1.54) is 5.56 Å². The molecule has 1 aromatic heterocycles. The minimum atomic E-state index is -0.856. The normalized spacial score (nSPS) is 11.1. The van der Waals surface area contributed by atoms with Gasteiger partial charge in [-0.3, -0.25) is 4.79 Å². The van der Waals surface area contributed by atoms with Gasteiger partial charge in [-0.1, -0.05) is 32.0 Å². The molecule has 0 saturated carbocycles. The maximum Gasteiger partial charge on any atom is 0.307 e. The van der Waals surface area contributed by atoms with Gasteiger partial charge in [-0.25, -0.2) is 0 Å². The lowest BCUT2D eigenvalue weighted by Crippen LogP contribution is -2.01. The lowest BCUT2D eigenvalue weighted by atomic mass is 9.97. The molecule has 0 unspecified atom stereocenters. The SMILES string of the molecule is CCOc1cc(-c2[nH]c3c(C(C)C)cccc3c2CC(=O)O)ccc1OC. The molecule has 0 bridgehead atoms. The second kappa shape index (κ2) is 7.74. The van der Waals surface area contributed by atoms with Gasteiger partial charge in [-0.15, -0.1) is 0 Å². The number of para-hydroxylation sites is 1. The summed E-state index contributed by atoms with van der Waals surface area (Å²) in [6.07, 6.45) is -0.0487. The summed E-state index contributed by atoms with van der Waals surface area (Å²) in [5.41, 5.74) is 4.63. The van der Waals surface area contributed by atoms with Gasteiger partial charge >= 0.3 is 5.97 Å². The number of ether oxygens (including phenoxy) is 2. The van der Waals surface area contributed by atoms with Crippen molar-refractivity contribution in [1.29, 1.82) is 0 Å². The van der Waals surface area contributed by atoms with Gasteiger partial charge < -0.3 is 19.6 Å². The molecular formula is C22H25NO4. The summed E-state index contributed by atoms with van der Waals surface area (Å²) in [6, 6.07) is 11.7. The van der Waals surface area contributed by atoms with Gasteiger partial charge in [0.1, 0.15) is 0 Å². The number of carboxylic acids is 1. The van der Waals surface area contributed by atoms with Crippen molar-refractivity contribution in [3.05, 3.63) is 47.5 Å². The number of hydrogen-bond donors (Lipinski definition) is 2. The minimum absolute atomic E-state index is 0.0487. The zero-order valence-corrected chi connectivity index (χ0v) is 16.1. The first-order valence-corrected chi connectivity index (χ1v) is 9.12. The first-order valence-electron chi connectivity index (χ1n) is 9.12. The van der Waals surface area contributed by atoms with E-state index in [-0.39, 0.29) is 6.42 Å². The second-order valence-electron chi connectivity index (χ2n) is 6.77. The standard InChI is InChI=1S/C22H25NO4/c1-5-27-19-11-14(9-10-18(19)26-4)21-17(12-20(24)25)16-8-6-7-15(13(2)3)22(16)23-21/h6-11,13,23H,5,12H2,1-4H3,(H,24,25). The van der Waals surface area contributed by atoms with E-state index in [0.717, 1.165) is 27.7 Å². The molecule has 0 aliphatic carbocycles. The molecule has 2 N–H and O–H groups in total. The van der Waals surface area contributed by atoms with Gasteiger partial charge in [0.05, 0.1) is 25.8 Å². The molecule has 3 aromatic rings. The molecule has 0 aliphatic rings. The van der Waals surface area contributed by atoms with Crippen LogP contribution in [-0.4, -0.2) is 29.8 Å². The number of aromatic amines is 1. The van der Waals surface area contributed by atoms with Crippen LogP contribution < -0.4 is 9.47 Å². The first-order chi connectivity index (χ1) is 13.0. The Bertz CT molecular complexity index is 972. The molecule has 27 heavy (non-hydrogen) atoms. The van der Waals surface area contributed by atoms with Crippen LogP contribution in [0, 0.1) is 0 Å². The van der Waals surface area contributed by atoms with Crippen LogP contribution in [0.3, 0.4) is 0 Å². The van der Waals surface area contributed by atoms with E-state index >= 15 is 0 Å². The second-order valence-corrected chi connectivity index (χ2v) is 6.77. The van der Waals surface area contributed by atoms with E-state index in [9.17, 15) is 9.90 Å². The highest BCUT2D eigenvalue weighted by Crippen LogP contribution is 2.38. The Morgan fingerprint density at radius 2 is 1.96 bits per heavy atom. The number of nitrogens with one attached hydrogen (secondary N) is 1. The third-order valence-electron chi connectivity index (χ3n) is 4.68. The molecule has 3 rings (SSSR count). The molecule has 2 aromatic carbocycles. The average molecular weight is 367 g/mol. The number of methoxy groups -OCH3 is 1. The zero-order valence-electron chi connectivity index (χ0n) is 16.1. The van der Waals surface area contributed by atoms with Gasteiger partial charge in [0.2, 0.25) is 0 Å². The van der Waals surface area contributed by atoms with E-state index in [2.05, 4.69) is 24.9 Å². The molecule has 5 nitrogen and oxygen atoms in total. The molecule has 0 radical (unpaired) electrons. The highest BCUT2D eigenvalue weighted by atomic mass is 16.5. The number of aliphatic carboxylic acids is 1. The summed E-state index contributed by atoms with van der Waals surface area (Å²) in [6.45, 7) is 6.70. The van der Waals surface area contributed by atoms with Crippen LogP contribution in [0.25, 0.3) is 22.2 Å². The van der Waals surface area contributed by atoms with Crippen molar-refractivity contribution in [3.63, 3.8) is 0 Å². The van der Waals surface area contributed by atoms with Crippen molar-refractivity contribution < 1.29 is 19.4 Å². The molecule has 0 spiro atoms. The third-order valence-corrected chi connectivity index (χ3v) is 4.68. The van der Waals surface area contributed by atoms with Crippen LogP contribution in [0.2, 0.25) is 0 Å². The molecule has 0 aliphatic heterocycles. The number of H-pyrrole nitrogens is 1. The Labute approximate surface area is 158 Å². The number of benzene rings is 2. The Balaban J connectivity index is 2.25. The van der Waals surface area contributed by atoms with Crippen LogP contribution in [0.5, 0.6) is 11.5 Å². The number of carboxylic acid groups (broad SMARTS) is 1. The average Bonchev–Trinajstić information content (AvgIpc) is 2.99. The quantitative estimate of drug-likeness (QED) is 0.617. The highest BCUT2D eigenvalue weighted by molar-refractivity contribution is 5.96. The number of aromatic nitrogens is 1. The lowest BCUT2D eigenvalue weighted by molar-refractivity contribution is -0.136. The molecule has 0 atom stereocenters. The fourth-order valence-corrected chi connectivity index (χ4v) is 3.46. The van der Waals surface area contributed by atoms with Crippen molar-refractivity contribution in [3.8, 4) is 22.8 Å². The predicted octanol–water partition coefficient (Wildman–Crippen LogP) is 4.99. The molecule has 0 amide bonds. The lowest BCUT2D eigenvalue weighted by Gasteiger charge is -2.11. The van der Waals surface area contributed by atoms with Crippen LogP contribution in [-0.2, 0) is 11.2 Å². The molecule has 5 heteroatoms. The maximum absolute atomic E-state index is 11.5. The van der Waals surface area contributed by atoms with E-state index < -0.39 is 5.97 Å². The molecule has 0 saturated heterocycles. The van der Waals surface area contributed by atoms with Gasteiger partial charge in [0.25, 0.3) is 0 Å². The Morgan fingerprint density at radius 3 is 2.59 bits per heavy atom. The van der Waals surface area contributed by atoms with Gasteiger partial charge in [-0.2, -0.15) is 0 Å². The first kappa shape index (κ1) is 18.8. The van der Waals surface area contributed by atoms with Gasteiger partial charge in [-0.05, 0) is 42.2 Å². The number of hydrogen-bond acceptors (Lipinski definition) is 3. The monoisotopic (exact) mass is 367 g/mol. The van der Waals surface area contributed by atoms with E-state index in [0.29, 0.717) is 24.0 Å². The van der Waals surface area contributed by atoms with Crippen LogP contribution in [0.1, 0.15) is 37.8 Å². The maximum atomic E-state index is 11.5. The van der Waals surface area contributed by atoms with E-state index in [4.69, 9.17) is 9.47 Å². The van der Waals surface area contributed by atoms with Gasteiger partial charge in [0.15, 0.2) is 11.5 Å². The van der Waals surface area contributed by atoms with Crippen molar-refractivity contribution in [2.45, 2.75) is 33.1 Å². The van der Waals surface area contributed by atoms with Crippen molar-refractivity contribution >= 4 is 16.9 Å². The van der Waals surface area contributed by atoms with Crippen molar-refractivity contribution in [1.82, 2.24) is 4.98 Å². The number of rotatable bonds is 7. The highest BCUT2D eigenvalue weighted by Gasteiger charge is 2.19. The Kier molecular flexibility index (Phi) is 5.40. The Morgan fingerprint density at radius 1 is 1.19 bits per heavy atom. The minimum Gasteiger partial charge on any atom is -0.493 e. The number of carbonyl (C=O) groups is 1. The van der Waals surface area contributed by atoms with Crippen LogP contribution in [0.15, 0.2) is 36.4 Å². The predicted molar refractivity (Wildman–Crippen MR) is 107 cm³/mol. The fraction of sp³-hybridized carbons (Fsp3) is 0.318. The summed E-state index contributed by atoms with van der Waals surface area (Å²) >= 11 is 0. The fourth-order valence-electron chi connectivity index (χ4n) is 3.46. The topological polar surface area (TPSA) is 71.6 Å². The van der Waals surface area contributed by atoms with Crippen molar-refractivity contribution in [2.24, 2.45) is 0 Å². The van der Waals surface area contributed by atoms with Gasteiger partial charge in [0, 0.05) is 16.5 Å². The summed E-state index contributed by atoms with van der Waals surface area (Å²) in [5.74, 6) is 0.763. The third kappa shape index (κ3) is 3.63. The smallest absolute Gasteiger partial charge is 0.307 e. The summed E-state index contributed by atoms with van der Waals surface area (Å²) in [5, 5.41) is 10.4.